The smallest absolute Gasteiger partial charge is 0.303 e. The number of piperidine rings is 1. The van der Waals surface area contributed by atoms with Crippen molar-refractivity contribution in [2.24, 2.45) is 0 Å². The van der Waals surface area contributed by atoms with Crippen molar-refractivity contribution in [1.82, 2.24) is 4.90 Å². The van der Waals surface area contributed by atoms with Crippen molar-refractivity contribution in [1.29, 1.82) is 0 Å². The lowest BCUT2D eigenvalue weighted by Crippen LogP contribution is -2.41. The van der Waals surface area contributed by atoms with Crippen LogP contribution < -0.4 is 0 Å². The molecule has 0 radical (unpaired) electrons. The maximum Gasteiger partial charge on any atom is 0.303 e. The molecule has 116 valence electrons. The van der Waals surface area contributed by atoms with Crippen LogP contribution in [0.1, 0.15) is 50.6 Å². The van der Waals surface area contributed by atoms with Crippen LogP contribution in [0.2, 0.25) is 10.0 Å². The number of rotatable bonds is 5. The van der Waals surface area contributed by atoms with Crippen LogP contribution in [0, 0.1) is 0 Å². The number of hydrogen-bond donors (Lipinski definition) is 1. The van der Waals surface area contributed by atoms with Gasteiger partial charge in [0.15, 0.2) is 0 Å². The first-order valence-corrected chi connectivity index (χ1v) is 8.17. The van der Waals surface area contributed by atoms with Gasteiger partial charge in [-0.25, -0.2) is 0 Å². The molecule has 2 atom stereocenters. The number of carboxylic acids is 1. The molecular formula is C16H21Cl2NO2. The third-order valence-electron chi connectivity index (χ3n) is 4.29. The Morgan fingerprint density at radius 2 is 2.19 bits per heavy atom. The van der Waals surface area contributed by atoms with E-state index in [0.717, 1.165) is 31.4 Å². The summed E-state index contributed by atoms with van der Waals surface area (Å²) in [6, 6.07) is 6.16. The SMILES string of the molecule is CC(c1cccc(Cl)c1Cl)N1CCCCC1CCC(=O)O. The van der Waals surface area contributed by atoms with Gasteiger partial charge in [-0.1, -0.05) is 41.8 Å². The first kappa shape index (κ1) is 16.6. The molecule has 1 fully saturated rings. The summed E-state index contributed by atoms with van der Waals surface area (Å²) in [5, 5.41) is 10.1. The predicted octanol–water partition coefficient (Wildman–Crippen LogP) is 4.77. The van der Waals surface area contributed by atoms with Gasteiger partial charge >= 0.3 is 5.97 Å². The number of aliphatic carboxylic acids is 1. The molecule has 1 N–H and O–H groups in total. The zero-order valence-corrected chi connectivity index (χ0v) is 13.7. The second-order valence-corrected chi connectivity index (χ2v) is 6.42. The first-order valence-electron chi connectivity index (χ1n) is 7.42. The minimum atomic E-state index is -0.728. The standard InChI is InChI=1S/C16H21Cl2NO2/c1-11(13-6-4-7-14(17)16(13)18)19-10-3-2-5-12(19)8-9-15(20)21/h4,6-7,11-12H,2-3,5,8-10H2,1H3,(H,20,21). The molecule has 1 aromatic rings. The van der Waals surface area contributed by atoms with Crippen molar-refractivity contribution in [3.05, 3.63) is 33.8 Å². The van der Waals surface area contributed by atoms with Crippen LogP contribution in [-0.2, 0) is 4.79 Å². The van der Waals surface area contributed by atoms with E-state index in [4.69, 9.17) is 28.3 Å². The molecule has 5 heteroatoms. The largest absolute Gasteiger partial charge is 0.481 e. The summed E-state index contributed by atoms with van der Waals surface area (Å²) in [6.07, 6.45) is 4.27. The van der Waals surface area contributed by atoms with E-state index in [1.165, 1.54) is 0 Å². The molecule has 0 aliphatic carbocycles. The van der Waals surface area contributed by atoms with E-state index in [0.29, 0.717) is 22.5 Å². The lowest BCUT2D eigenvalue weighted by molar-refractivity contribution is -0.137. The van der Waals surface area contributed by atoms with E-state index in [9.17, 15) is 4.79 Å². The van der Waals surface area contributed by atoms with Gasteiger partial charge in [-0.15, -0.1) is 0 Å². The zero-order valence-electron chi connectivity index (χ0n) is 12.2. The molecule has 1 aliphatic heterocycles. The normalized spacial score (nSPS) is 21.2. The lowest BCUT2D eigenvalue weighted by atomic mass is 9.94. The van der Waals surface area contributed by atoms with E-state index in [-0.39, 0.29) is 12.5 Å². The second kappa shape index (κ2) is 7.48. The van der Waals surface area contributed by atoms with Gasteiger partial charge in [-0.2, -0.15) is 0 Å². The first-order chi connectivity index (χ1) is 10.0. The second-order valence-electron chi connectivity index (χ2n) is 5.64. The number of carboxylic acid groups (broad SMARTS) is 1. The molecule has 1 aliphatic rings. The van der Waals surface area contributed by atoms with Crippen molar-refractivity contribution in [2.75, 3.05) is 6.54 Å². The Morgan fingerprint density at radius 1 is 1.43 bits per heavy atom. The van der Waals surface area contributed by atoms with Crippen LogP contribution >= 0.6 is 23.2 Å². The van der Waals surface area contributed by atoms with Crippen molar-refractivity contribution >= 4 is 29.2 Å². The Labute approximate surface area is 135 Å². The Bertz CT molecular complexity index is 507. The molecule has 2 unspecified atom stereocenters. The van der Waals surface area contributed by atoms with Crippen LogP contribution in [0.15, 0.2) is 18.2 Å². The van der Waals surface area contributed by atoms with E-state index in [2.05, 4.69) is 11.8 Å². The van der Waals surface area contributed by atoms with E-state index < -0.39 is 5.97 Å². The van der Waals surface area contributed by atoms with Gasteiger partial charge in [-0.3, -0.25) is 9.69 Å². The van der Waals surface area contributed by atoms with Gasteiger partial charge in [0.05, 0.1) is 10.0 Å². The molecule has 0 spiro atoms. The van der Waals surface area contributed by atoms with Crippen LogP contribution in [0.25, 0.3) is 0 Å². The molecule has 0 saturated carbocycles. The number of halogens is 2. The average molecular weight is 330 g/mol. The van der Waals surface area contributed by atoms with E-state index in [1.54, 1.807) is 6.07 Å². The molecule has 1 aromatic carbocycles. The van der Waals surface area contributed by atoms with Gasteiger partial charge < -0.3 is 5.11 Å². The summed E-state index contributed by atoms with van der Waals surface area (Å²) in [7, 11) is 0. The summed E-state index contributed by atoms with van der Waals surface area (Å²) in [4.78, 5) is 13.2. The minimum absolute atomic E-state index is 0.148. The third-order valence-corrected chi connectivity index (χ3v) is 5.13. The zero-order chi connectivity index (χ0) is 15.4. The summed E-state index contributed by atoms with van der Waals surface area (Å²) in [6.45, 7) is 3.10. The Hall–Kier alpha value is -0.770. The number of nitrogens with zero attached hydrogens (tertiary/aromatic N) is 1. The van der Waals surface area contributed by atoms with Crippen molar-refractivity contribution < 1.29 is 9.90 Å². The molecule has 0 amide bonds. The molecule has 3 nitrogen and oxygen atoms in total. The highest BCUT2D eigenvalue weighted by Gasteiger charge is 2.28. The van der Waals surface area contributed by atoms with E-state index in [1.807, 2.05) is 12.1 Å². The topological polar surface area (TPSA) is 40.5 Å². The maximum absolute atomic E-state index is 10.8. The summed E-state index contributed by atoms with van der Waals surface area (Å²) in [5.74, 6) is -0.728. The summed E-state index contributed by atoms with van der Waals surface area (Å²) in [5.41, 5.74) is 1.02. The van der Waals surface area contributed by atoms with Crippen LogP contribution in [0.3, 0.4) is 0 Å². The quantitative estimate of drug-likeness (QED) is 0.845. The molecule has 0 aromatic heterocycles. The molecule has 2 rings (SSSR count). The van der Waals surface area contributed by atoms with Gasteiger partial charge in [0.1, 0.15) is 0 Å². The Kier molecular flexibility index (Phi) is 5.91. The Balaban J connectivity index is 2.16. The monoisotopic (exact) mass is 329 g/mol. The molecule has 21 heavy (non-hydrogen) atoms. The van der Waals surface area contributed by atoms with Crippen molar-refractivity contribution in [2.45, 2.75) is 51.1 Å². The third kappa shape index (κ3) is 4.12. The van der Waals surface area contributed by atoms with Crippen LogP contribution in [0.4, 0.5) is 0 Å². The highest BCUT2D eigenvalue weighted by molar-refractivity contribution is 6.42. The molecule has 1 heterocycles. The van der Waals surface area contributed by atoms with Crippen molar-refractivity contribution in [3.63, 3.8) is 0 Å². The minimum Gasteiger partial charge on any atom is -0.481 e. The molecular weight excluding hydrogens is 309 g/mol. The Morgan fingerprint density at radius 3 is 2.90 bits per heavy atom. The highest BCUT2D eigenvalue weighted by atomic mass is 35.5. The lowest BCUT2D eigenvalue weighted by Gasteiger charge is -2.40. The highest BCUT2D eigenvalue weighted by Crippen LogP contribution is 2.36. The fourth-order valence-electron chi connectivity index (χ4n) is 3.15. The van der Waals surface area contributed by atoms with Crippen LogP contribution in [-0.4, -0.2) is 28.6 Å². The maximum atomic E-state index is 10.8. The summed E-state index contributed by atoms with van der Waals surface area (Å²) < 4.78 is 0. The van der Waals surface area contributed by atoms with Gasteiger partial charge in [0.25, 0.3) is 0 Å². The fraction of sp³-hybridized carbons (Fsp3) is 0.562. The van der Waals surface area contributed by atoms with E-state index >= 15 is 0 Å². The fourth-order valence-corrected chi connectivity index (χ4v) is 3.62. The van der Waals surface area contributed by atoms with Crippen molar-refractivity contribution in [3.8, 4) is 0 Å². The number of hydrogen-bond acceptors (Lipinski definition) is 2. The number of likely N-dealkylation sites (tertiary alicyclic amines) is 1. The summed E-state index contributed by atoms with van der Waals surface area (Å²) >= 11 is 12.4. The molecule has 1 saturated heterocycles. The van der Waals surface area contributed by atoms with Crippen LogP contribution in [0.5, 0.6) is 0 Å². The molecule has 0 bridgehead atoms. The van der Waals surface area contributed by atoms with Gasteiger partial charge in [-0.05, 0) is 44.4 Å². The number of benzene rings is 1. The van der Waals surface area contributed by atoms with Gasteiger partial charge in [0, 0.05) is 18.5 Å². The average Bonchev–Trinajstić information content (AvgIpc) is 2.47. The number of carbonyl (C=O) groups is 1. The van der Waals surface area contributed by atoms with Gasteiger partial charge in [0.2, 0.25) is 0 Å². The predicted molar refractivity (Wildman–Crippen MR) is 86.1 cm³/mol.